The SMILES string of the molecule is NC(CC1CCC(CS(=O)(=O)O)CC1)C(=O)O. The first-order valence-corrected chi connectivity index (χ1v) is 7.32. The van der Waals surface area contributed by atoms with Gasteiger partial charge in [-0.2, -0.15) is 8.42 Å². The summed E-state index contributed by atoms with van der Waals surface area (Å²) < 4.78 is 30.1. The van der Waals surface area contributed by atoms with Crippen LogP contribution in [-0.2, 0) is 14.9 Å². The van der Waals surface area contributed by atoms with Crippen molar-refractivity contribution in [2.75, 3.05) is 5.75 Å². The van der Waals surface area contributed by atoms with Crippen LogP contribution in [0.5, 0.6) is 0 Å². The van der Waals surface area contributed by atoms with Crippen molar-refractivity contribution in [3.63, 3.8) is 0 Å². The number of hydrogen-bond donors (Lipinski definition) is 3. The minimum Gasteiger partial charge on any atom is -0.480 e. The fourth-order valence-electron chi connectivity index (χ4n) is 2.39. The molecule has 1 rings (SSSR count). The fraction of sp³-hybridized carbons (Fsp3) is 0.900. The molecule has 6 nitrogen and oxygen atoms in total. The highest BCUT2D eigenvalue weighted by Gasteiger charge is 2.27. The lowest BCUT2D eigenvalue weighted by Gasteiger charge is -2.28. The summed E-state index contributed by atoms with van der Waals surface area (Å²) in [5.74, 6) is -0.948. The molecule has 1 unspecified atom stereocenters. The second-order valence-corrected chi connectivity index (χ2v) is 6.31. The van der Waals surface area contributed by atoms with Crippen LogP contribution in [0, 0.1) is 11.8 Å². The van der Waals surface area contributed by atoms with E-state index in [0.717, 1.165) is 12.8 Å². The Morgan fingerprint density at radius 2 is 1.71 bits per heavy atom. The molecule has 0 aliphatic heterocycles. The Bertz CT molecular complexity index is 359. The van der Waals surface area contributed by atoms with Crippen molar-refractivity contribution in [2.45, 2.75) is 38.1 Å². The van der Waals surface area contributed by atoms with Gasteiger partial charge in [0.15, 0.2) is 0 Å². The van der Waals surface area contributed by atoms with Gasteiger partial charge in [0, 0.05) is 0 Å². The van der Waals surface area contributed by atoms with Crippen LogP contribution in [0.15, 0.2) is 0 Å². The van der Waals surface area contributed by atoms with E-state index in [4.69, 9.17) is 15.4 Å². The van der Waals surface area contributed by atoms with E-state index in [1.54, 1.807) is 0 Å². The summed E-state index contributed by atoms with van der Waals surface area (Å²) >= 11 is 0. The monoisotopic (exact) mass is 265 g/mol. The van der Waals surface area contributed by atoms with Crippen molar-refractivity contribution in [3.8, 4) is 0 Å². The van der Waals surface area contributed by atoms with Gasteiger partial charge in [0.25, 0.3) is 10.1 Å². The number of aliphatic carboxylic acids is 1. The van der Waals surface area contributed by atoms with E-state index in [0.29, 0.717) is 19.3 Å². The minimum atomic E-state index is -3.90. The molecule has 1 saturated carbocycles. The van der Waals surface area contributed by atoms with E-state index in [1.165, 1.54) is 0 Å². The number of carbonyl (C=O) groups is 1. The van der Waals surface area contributed by atoms with Crippen molar-refractivity contribution >= 4 is 16.1 Å². The summed E-state index contributed by atoms with van der Waals surface area (Å²) in [5, 5.41) is 8.68. The molecule has 1 aliphatic carbocycles. The molecule has 1 atom stereocenters. The highest BCUT2D eigenvalue weighted by atomic mass is 32.2. The van der Waals surface area contributed by atoms with Crippen LogP contribution >= 0.6 is 0 Å². The molecule has 0 spiro atoms. The van der Waals surface area contributed by atoms with Crippen molar-refractivity contribution in [3.05, 3.63) is 0 Å². The van der Waals surface area contributed by atoms with Gasteiger partial charge in [-0.3, -0.25) is 9.35 Å². The molecular formula is C10H19NO5S. The second-order valence-electron chi connectivity index (χ2n) is 4.82. The summed E-state index contributed by atoms with van der Waals surface area (Å²) in [5.41, 5.74) is 5.45. The van der Waals surface area contributed by atoms with E-state index < -0.39 is 22.1 Å². The number of nitrogens with two attached hydrogens (primary N) is 1. The van der Waals surface area contributed by atoms with Crippen LogP contribution in [0.4, 0.5) is 0 Å². The first-order chi connectivity index (χ1) is 7.78. The van der Waals surface area contributed by atoms with Gasteiger partial charge in [0.05, 0.1) is 5.75 Å². The first kappa shape index (κ1) is 14.4. The van der Waals surface area contributed by atoms with Crippen molar-refractivity contribution in [1.29, 1.82) is 0 Å². The van der Waals surface area contributed by atoms with E-state index in [2.05, 4.69) is 0 Å². The smallest absolute Gasteiger partial charge is 0.320 e. The van der Waals surface area contributed by atoms with E-state index in [9.17, 15) is 13.2 Å². The summed E-state index contributed by atoms with van der Waals surface area (Å²) in [6.45, 7) is 0. The van der Waals surface area contributed by atoms with Gasteiger partial charge < -0.3 is 10.8 Å². The van der Waals surface area contributed by atoms with Crippen LogP contribution in [0.25, 0.3) is 0 Å². The molecule has 0 aromatic heterocycles. The van der Waals surface area contributed by atoms with Gasteiger partial charge in [0.2, 0.25) is 0 Å². The van der Waals surface area contributed by atoms with Crippen molar-refractivity contribution < 1.29 is 22.9 Å². The van der Waals surface area contributed by atoms with Crippen LogP contribution in [0.2, 0.25) is 0 Å². The summed E-state index contributed by atoms with van der Waals surface area (Å²) in [4.78, 5) is 10.6. The molecule has 1 aliphatic rings. The van der Waals surface area contributed by atoms with Gasteiger partial charge in [-0.1, -0.05) is 12.8 Å². The maximum atomic E-state index is 10.7. The summed E-state index contributed by atoms with van der Waals surface area (Å²) in [6, 6.07) is -0.835. The summed E-state index contributed by atoms with van der Waals surface area (Å²) in [6.07, 6.45) is 3.41. The molecule has 0 bridgehead atoms. The zero-order valence-electron chi connectivity index (χ0n) is 9.58. The van der Waals surface area contributed by atoms with Crippen LogP contribution < -0.4 is 5.73 Å². The third-order valence-electron chi connectivity index (χ3n) is 3.32. The number of carboxylic acids is 1. The average Bonchev–Trinajstić information content (AvgIpc) is 2.18. The zero-order chi connectivity index (χ0) is 13.1. The normalized spacial score (nSPS) is 27.6. The largest absolute Gasteiger partial charge is 0.480 e. The maximum Gasteiger partial charge on any atom is 0.320 e. The van der Waals surface area contributed by atoms with Crippen LogP contribution in [0.1, 0.15) is 32.1 Å². The van der Waals surface area contributed by atoms with Gasteiger partial charge in [-0.25, -0.2) is 0 Å². The molecule has 0 radical (unpaired) electrons. The number of hydrogen-bond acceptors (Lipinski definition) is 4. The van der Waals surface area contributed by atoms with E-state index >= 15 is 0 Å². The Morgan fingerprint density at radius 3 is 2.12 bits per heavy atom. The Morgan fingerprint density at radius 1 is 1.24 bits per heavy atom. The molecule has 0 saturated heterocycles. The Kier molecular flexibility index (Phi) is 4.91. The van der Waals surface area contributed by atoms with Gasteiger partial charge >= 0.3 is 5.97 Å². The Hall–Kier alpha value is -0.660. The van der Waals surface area contributed by atoms with Gasteiger partial charge in [0.1, 0.15) is 6.04 Å². The molecule has 0 heterocycles. The predicted octanol–water partition coefficient (Wildman–Crippen LogP) is 0.483. The topological polar surface area (TPSA) is 118 Å². The third-order valence-corrected chi connectivity index (χ3v) is 4.21. The van der Waals surface area contributed by atoms with Crippen LogP contribution in [0.3, 0.4) is 0 Å². The van der Waals surface area contributed by atoms with E-state index in [1.807, 2.05) is 0 Å². The molecule has 4 N–H and O–H groups in total. The van der Waals surface area contributed by atoms with Gasteiger partial charge in [-0.05, 0) is 31.1 Å². The lowest BCUT2D eigenvalue weighted by atomic mass is 9.80. The van der Waals surface area contributed by atoms with Crippen molar-refractivity contribution in [2.24, 2.45) is 17.6 Å². The highest BCUT2D eigenvalue weighted by Crippen LogP contribution is 2.31. The number of carboxylic acid groups (broad SMARTS) is 1. The van der Waals surface area contributed by atoms with E-state index in [-0.39, 0.29) is 17.6 Å². The van der Waals surface area contributed by atoms with Crippen LogP contribution in [-0.4, -0.2) is 35.8 Å². The maximum absolute atomic E-state index is 10.7. The first-order valence-electron chi connectivity index (χ1n) is 5.71. The van der Waals surface area contributed by atoms with Gasteiger partial charge in [-0.15, -0.1) is 0 Å². The standard InChI is InChI=1S/C10H19NO5S/c11-9(10(12)13)5-7-1-3-8(4-2-7)6-17(14,15)16/h7-9H,1-6,11H2,(H,12,13)(H,14,15,16). The number of rotatable bonds is 5. The van der Waals surface area contributed by atoms with Crippen molar-refractivity contribution in [1.82, 2.24) is 0 Å². The Balaban J connectivity index is 2.33. The minimum absolute atomic E-state index is 0.0118. The average molecular weight is 265 g/mol. The lowest BCUT2D eigenvalue weighted by molar-refractivity contribution is -0.139. The molecule has 1 fully saturated rings. The fourth-order valence-corrected chi connectivity index (χ4v) is 3.32. The molecule has 7 heteroatoms. The predicted molar refractivity (Wildman–Crippen MR) is 62.1 cm³/mol. The molecule has 0 aromatic rings. The second kappa shape index (κ2) is 5.79. The highest BCUT2D eigenvalue weighted by molar-refractivity contribution is 7.85. The molecular weight excluding hydrogens is 246 g/mol. The molecule has 100 valence electrons. The zero-order valence-corrected chi connectivity index (χ0v) is 10.4. The summed E-state index contributed by atoms with van der Waals surface area (Å²) in [7, 11) is -3.90. The molecule has 0 amide bonds. The quantitative estimate of drug-likeness (QED) is 0.622. The lowest BCUT2D eigenvalue weighted by Crippen LogP contribution is -2.33. The Labute approximate surface area is 101 Å². The molecule has 17 heavy (non-hydrogen) atoms. The molecule has 0 aromatic carbocycles. The third kappa shape index (κ3) is 5.47.